The zero-order valence-corrected chi connectivity index (χ0v) is 19.3. The maximum atomic E-state index is 6.32. The van der Waals surface area contributed by atoms with E-state index in [1.165, 1.54) is 5.56 Å². The van der Waals surface area contributed by atoms with Gasteiger partial charge in [0.25, 0.3) is 0 Å². The Morgan fingerprint density at radius 3 is 1.76 bits per heavy atom. The second-order valence-corrected chi connectivity index (χ2v) is 7.98. The number of rotatable bonds is 6. The minimum Gasteiger partial charge on any atom is -0.497 e. The Morgan fingerprint density at radius 1 is 0.588 bits per heavy atom. The van der Waals surface area contributed by atoms with Crippen LogP contribution < -0.4 is 9.47 Å². The molecule has 3 aromatic carbocycles. The van der Waals surface area contributed by atoms with Gasteiger partial charge in [-0.3, -0.25) is 0 Å². The number of aromatic nitrogens is 2. The van der Waals surface area contributed by atoms with Gasteiger partial charge in [-0.15, -0.1) is 10.2 Å². The van der Waals surface area contributed by atoms with Crippen molar-refractivity contribution in [3.63, 3.8) is 0 Å². The Morgan fingerprint density at radius 2 is 1.15 bits per heavy atom. The molecule has 0 N–H and O–H groups in total. The molecule has 0 atom stereocenters. The molecule has 34 heavy (non-hydrogen) atoms. The third kappa shape index (κ3) is 4.28. The zero-order valence-electron chi connectivity index (χ0n) is 19.3. The van der Waals surface area contributed by atoms with Gasteiger partial charge in [0.05, 0.1) is 19.9 Å². The Bertz CT molecular complexity index is 1400. The summed E-state index contributed by atoms with van der Waals surface area (Å²) in [5, 5.41) is 9.13. The molecule has 0 saturated heterocycles. The van der Waals surface area contributed by atoms with Gasteiger partial charge in [0, 0.05) is 22.3 Å². The van der Waals surface area contributed by atoms with E-state index in [4.69, 9.17) is 13.9 Å². The number of methoxy groups -OCH3 is 2. The molecule has 2 aromatic heterocycles. The van der Waals surface area contributed by atoms with Crippen LogP contribution in [-0.2, 0) is 0 Å². The van der Waals surface area contributed by atoms with Crippen LogP contribution in [0.3, 0.4) is 0 Å². The van der Waals surface area contributed by atoms with Crippen LogP contribution in [0.15, 0.2) is 95.4 Å². The lowest BCUT2D eigenvalue weighted by atomic mass is 10.0. The third-order valence-electron chi connectivity index (χ3n) is 5.75. The molecule has 0 spiro atoms. The van der Waals surface area contributed by atoms with Gasteiger partial charge in [-0.25, -0.2) is 0 Å². The standard InChI is InChI=1S/C29H24N2O3/c1-19-4-6-21(7-5-19)27-16-17-28(34-27)25-18-26(20-8-12-23(32-2)13-9-20)30-31-29(25)22-10-14-24(33-3)15-11-22/h4-18H,1-3H3. The summed E-state index contributed by atoms with van der Waals surface area (Å²) in [6, 6.07) is 29.8. The molecule has 5 nitrogen and oxygen atoms in total. The van der Waals surface area contributed by atoms with Crippen LogP contribution in [0, 0.1) is 6.92 Å². The van der Waals surface area contributed by atoms with E-state index in [9.17, 15) is 0 Å². The van der Waals surface area contributed by atoms with Crippen molar-refractivity contribution in [3.05, 3.63) is 96.6 Å². The van der Waals surface area contributed by atoms with Crippen LogP contribution in [0.5, 0.6) is 11.5 Å². The minimum atomic E-state index is 0.728. The van der Waals surface area contributed by atoms with Crippen molar-refractivity contribution >= 4 is 0 Å². The van der Waals surface area contributed by atoms with Crippen molar-refractivity contribution in [2.45, 2.75) is 6.92 Å². The third-order valence-corrected chi connectivity index (χ3v) is 5.75. The highest BCUT2D eigenvalue weighted by molar-refractivity contribution is 5.82. The summed E-state index contributed by atoms with van der Waals surface area (Å²) in [6.07, 6.45) is 0. The summed E-state index contributed by atoms with van der Waals surface area (Å²) < 4.78 is 16.9. The number of benzene rings is 3. The normalized spacial score (nSPS) is 10.8. The summed E-state index contributed by atoms with van der Waals surface area (Å²) in [6.45, 7) is 2.07. The van der Waals surface area contributed by atoms with Crippen LogP contribution >= 0.6 is 0 Å². The van der Waals surface area contributed by atoms with Crippen molar-refractivity contribution in [1.29, 1.82) is 0 Å². The van der Waals surface area contributed by atoms with E-state index in [0.717, 1.165) is 56.7 Å². The SMILES string of the molecule is COc1ccc(-c2cc(-c3ccc(-c4ccc(C)cc4)o3)c(-c3ccc(OC)cc3)nn2)cc1. The Balaban J connectivity index is 1.61. The predicted molar refractivity (Wildman–Crippen MR) is 134 cm³/mol. The number of hydrogen-bond acceptors (Lipinski definition) is 5. The molecule has 0 aliphatic carbocycles. The van der Waals surface area contributed by atoms with Crippen molar-refractivity contribution < 1.29 is 13.9 Å². The molecule has 0 aliphatic rings. The molecule has 2 heterocycles. The average molecular weight is 449 g/mol. The van der Waals surface area contributed by atoms with E-state index in [-0.39, 0.29) is 0 Å². The molecular formula is C29H24N2O3. The first-order valence-corrected chi connectivity index (χ1v) is 11.0. The molecule has 168 valence electrons. The molecule has 0 unspecified atom stereocenters. The van der Waals surface area contributed by atoms with E-state index in [2.05, 4.69) is 41.4 Å². The molecule has 0 fully saturated rings. The molecule has 0 saturated carbocycles. The van der Waals surface area contributed by atoms with Crippen molar-refractivity contribution in [1.82, 2.24) is 10.2 Å². The summed E-state index contributed by atoms with van der Waals surface area (Å²) in [4.78, 5) is 0. The molecule has 0 bridgehead atoms. The second kappa shape index (κ2) is 9.24. The van der Waals surface area contributed by atoms with Crippen molar-refractivity contribution in [3.8, 4) is 56.7 Å². The van der Waals surface area contributed by atoms with Gasteiger partial charge in [-0.2, -0.15) is 0 Å². The number of aryl methyl sites for hydroxylation is 1. The van der Waals surface area contributed by atoms with E-state index in [1.54, 1.807) is 14.2 Å². The van der Waals surface area contributed by atoms with Crippen LogP contribution in [0.4, 0.5) is 0 Å². The lowest BCUT2D eigenvalue weighted by molar-refractivity contribution is 0.414. The lowest BCUT2D eigenvalue weighted by Gasteiger charge is -2.10. The van der Waals surface area contributed by atoms with E-state index in [0.29, 0.717) is 0 Å². The number of hydrogen-bond donors (Lipinski definition) is 0. The molecule has 0 radical (unpaired) electrons. The fourth-order valence-corrected chi connectivity index (χ4v) is 3.80. The van der Waals surface area contributed by atoms with Gasteiger partial charge >= 0.3 is 0 Å². The number of ether oxygens (including phenoxy) is 2. The van der Waals surface area contributed by atoms with Crippen LogP contribution in [0.1, 0.15) is 5.56 Å². The Kier molecular flexibility index (Phi) is 5.83. The molecule has 5 heteroatoms. The minimum absolute atomic E-state index is 0.728. The Labute approximate surface area is 198 Å². The molecular weight excluding hydrogens is 424 g/mol. The average Bonchev–Trinajstić information content (AvgIpc) is 3.39. The second-order valence-electron chi connectivity index (χ2n) is 7.98. The maximum absolute atomic E-state index is 6.32. The van der Waals surface area contributed by atoms with Crippen LogP contribution in [0.25, 0.3) is 45.2 Å². The largest absolute Gasteiger partial charge is 0.497 e. The van der Waals surface area contributed by atoms with Crippen molar-refractivity contribution in [2.75, 3.05) is 14.2 Å². The molecule has 5 rings (SSSR count). The maximum Gasteiger partial charge on any atom is 0.137 e. The fraction of sp³-hybridized carbons (Fsp3) is 0.103. The lowest BCUT2D eigenvalue weighted by Crippen LogP contribution is -1.95. The first-order valence-electron chi connectivity index (χ1n) is 11.0. The summed E-state index contributed by atoms with van der Waals surface area (Å²) in [5.74, 6) is 3.11. The van der Waals surface area contributed by atoms with E-state index >= 15 is 0 Å². The predicted octanol–water partition coefficient (Wildman–Crippen LogP) is 7.06. The summed E-state index contributed by atoms with van der Waals surface area (Å²) in [7, 11) is 3.30. The van der Waals surface area contributed by atoms with Crippen LogP contribution in [0.2, 0.25) is 0 Å². The van der Waals surface area contributed by atoms with Gasteiger partial charge in [0.15, 0.2) is 0 Å². The smallest absolute Gasteiger partial charge is 0.137 e. The summed E-state index contributed by atoms with van der Waals surface area (Å²) >= 11 is 0. The monoisotopic (exact) mass is 448 g/mol. The van der Waals surface area contributed by atoms with Crippen LogP contribution in [-0.4, -0.2) is 24.4 Å². The van der Waals surface area contributed by atoms with Gasteiger partial charge in [0.1, 0.15) is 28.7 Å². The number of nitrogens with zero attached hydrogens (tertiary/aromatic N) is 2. The van der Waals surface area contributed by atoms with Gasteiger partial charge in [-0.05, 0) is 73.7 Å². The van der Waals surface area contributed by atoms with E-state index in [1.807, 2.05) is 66.7 Å². The highest BCUT2D eigenvalue weighted by Gasteiger charge is 2.17. The molecule has 0 aliphatic heterocycles. The number of furan rings is 1. The van der Waals surface area contributed by atoms with Gasteiger partial charge < -0.3 is 13.9 Å². The highest BCUT2D eigenvalue weighted by atomic mass is 16.5. The first-order chi connectivity index (χ1) is 16.6. The molecule has 0 amide bonds. The zero-order chi connectivity index (χ0) is 23.5. The first kappa shape index (κ1) is 21.5. The highest BCUT2D eigenvalue weighted by Crippen LogP contribution is 2.36. The van der Waals surface area contributed by atoms with E-state index < -0.39 is 0 Å². The Hall–Kier alpha value is -4.38. The quantitative estimate of drug-likeness (QED) is 0.278. The van der Waals surface area contributed by atoms with Crippen molar-refractivity contribution in [2.24, 2.45) is 0 Å². The topological polar surface area (TPSA) is 57.4 Å². The summed E-state index contributed by atoms with van der Waals surface area (Å²) in [5.41, 5.74) is 6.47. The molecule has 5 aromatic rings. The van der Waals surface area contributed by atoms with Gasteiger partial charge in [-0.1, -0.05) is 29.8 Å². The fourth-order valence-electron chi connectivity index (χ4n) is 3.80. The van der Waals surface area contributed by atoms with Gasteiger partial charge in [0.2, 0.25) is 0 Å².